The summed E-state index contributed by atoms with van der Waals surface area (Å²) < 4.78 is 0. The molecule has 2 fully saturated rings. The van der Waals surface area contributed by atoms with E-state index in [2.05, 4.69) is 29.8 Å². The highest BCUT2D eigenvalue weighted by Crippen LogP contribution is 2.24. The van der Waals surface area contributed by atoms with Crippen LogP contribution in [0.25, 0.3) is 0 Å². The topological polar surface area (TPSA) is 36.1 Å². The summed E-state index contributed by atoms with van der Waals surface area (Å²) in [5.41, 5.74) is 0. The van der Waals surface area contributed by atoms with E-state index in [9.17, 15) is 0 Å². The molecule has 0 aromatic rings. The first-order valence-corrected chi connectivity index (χ1v) is 13.4. The highest BCUT2D eigenvalue weighted by molar-refractivity contribution is 4.78. The minimum atomic E-state index is 0.803. The number of hydrogen-bond acceptors (Lipinski definition) is 3. The van der Waals surface area contributed by atoms with Crippen LogP contribution in [0.4, 0.5) is 0 Å². The Bertz CT molecular complexity index is 339. The monoisotopic (exact) mass is 407 g/mol. The van der Waals surface area contributed by atoms with Gasteiger partial charge in [-0.2, -0.15) is 0 Å². The molecule has 3 heteroatoms. The van der Waals surface area contributed by atoms with Gasteiger partial charge in [0.25, 0.3) is 0 Å². The van der Waals surface area contributed by atoms with E-state index in [0.717, 1.165) is 23.9 Å². The van der Waals surface area contributed by atoms with Crippen molar-refractivity contribution in [2.45, 2.75) is 129 Å². The maximum absolute atomic E-state index is 3.81. The lowest BCUT2D eigenvalue weighted by molar-refractivity contribution is 0.279. The first kappa shape index (κ1) is 25.1. The van der Waals surface area contributed by atoms with Crippen LogP contribution in [0.15, 0.2) is 0 Å². The lowest BCUT2D eigenvalue weighted by Gasteiger charge is -2.29. The Labute approximate surface area is 183 Å². The molecule has 0 aromatic heterocycles. The van der Waals surface area contributed by atoms with Crippen molar-refractivity contribution in [2.75, 3.05) is 26.2 Å². The zero-order chi connectivity index (χ0) is 20.6. The Kier molecular flexibility index (Phi) is 14.4. The molecule has 0 saturated heterocycles. The van der Waals surface area contributed by atoms with Crippen molar-refractivity contribution >= 4 is 0 Å². The van der Waals surface area contributed by atoms with Crippen LogP contribution in [0, 0.1) is 11.8 Å². The molecule has 172 valence electrons. The molecular formula is C26H53N3. The van der Waals surface area contributed by atoms with E-state index in [0.29, 0.717) is 0 Å². The maximum atomic E-state index is 3.81. The molecule has 2 aliphatic carbocycles. The summed E-state index contributed by atoms with van der Waals surface area (Å²) in [5, 5.41) is 11.3. The van der Waals surface area contributed by atoms with Gasteiger partial charge >= 0.3 is 0 Å². The summed E-state index contributed by atoms with van der Waals surface area (Å²) in [6, 6.07) is 1.61. The predicted molar refractivity (Wildman–Crippen MR) is 129 cm³/mol. The molecule has 0 aromatic carbocycles. The molecule has 0 amide bonds. The zero-order valence-electron chi connectivity index (χ0n) is 20.0. The van der Waals surface area contributed by atoms with Gasteiger partial charge in [0.05, 0.1) is 0 Å². The Morgan fingerprint density at radius 3 is 1.28 bits per heavy atom. The van der Waals surface area contributed by atoms with Gasteiger partial charge in [-0.25, -0.2) is 0 Å². The van der Waals surface area contributed by atoms with Gasteiger partial charge in [0.15, 0.2) is 0 Å². The van der Waals surface area contributed by atoms with Crippen molar-refractivity contribution < 1.29 is 0 Å². The van der Waals surface area contributed by atoms with Crippen LogP contribution in [0.3, 0.4) is 0 Å². The smallest absolute Gasteiger partial charge is 0.00926 e. The standard InChI is InChI=1S/C26H53N3/c1-23-15-7-9-17-25(23)28-21-13-5-3-11-19-27-20-12-4-6-14-22-29-26-18-10-8-16-24(26)2/h23-29H,3-22H2,1-2H3. The van der Waals surface area contributed by atoms with E-state index in [1.165, 1.54) is 129 Å². The quantitative estimate of drug-likeness (QED) is 0.273. The van der Waals surface area contributed by atoms with Gasteiger partial charge in [-0.05, 0) is 89.4 Å². The molecule has 2 rings (SSSR count). The van der Waals surface area contributed by atoms with Crippen molar-refractivity contribution in [3.63, 3.8) is 0 Å². The van der Waals surface area contributed by atoms with Crippen molar-refractivity contribution in [1.82, 2.24) is 16.0 Å². The largest absolute Gasteiger partial charge is 0.317 e. The van der Waals surface area contributed by atoms with Crippen LogP contribution in [-0.2, 0) is 0 Å². The van der Waals surface area contributed by atoms with E-state index in [-0.39, 0.29) is 0 Å². The van der Waals surface area contributed by atoms with Gasteiger partial charge in [0.2, 0.25) is 0 Å². The van der Waals surface area contributed by atoms with Crippen LogP contribution >= 0.6 is 0 Å². The fourth-order valence-electron chi connectivity index (χ4n) is 5.40. The average Bonchev–Trinajstić information content (AvgIpc) is 2.73. The van der Waals surface area contributed by atoms with Gasteiger partial charge in [-0.1, -0.05) is 65.2 Å². The number of unbranched alkanes of at least 4 members (excludes halogenated alkanes) is 6. The number of rotatable bonds is 16. The van der Waals surface area contributed by atoms with Crippen LogP contribution in [0.1, 0.15) is 117 Å². The minimum Gasteiger partial charge on any atom is -0.317 e. The molecule has 3 N–H and O–H groups in total. The highest BCUT2D eigenvalue weighted by atomic mass is 14.9. The Morgan fingerprint density at radius 2 is 0.862 bits per heavy atom. The third kappa shape index (κ3) is 11.7. The molecule has 29 heavy (non-hydrogen) atoms. The van der Waals surface area contributed by atoms with E-state index < -0.39 is 0 Å². The van der Waals surface area contributed by atoms with Crippen molar-refractivity contribution in [3.8, 4) is 0 Å². The SMILES string of the molecule is CC1CCCCC1NCCCCCCNCCCCCCNC1CCCCC1C. The van der Waals surface area contributed by atoms with Crippen LogP contribution in [-0.4, -0.2) is 38.3 Å². The summed E-state index contributed by atoms with van der Waals surface area (Å²) in [4.78, 5) is 0. The van der Waals surface area contributed by atoms with Crippen molar-refractivity contribution in [1.29, 1.82) is 0 Å². The first-order valence-electron chi connectivity index (χ1n) is 13.4. The van der Waals surface area contributed by atoms with Gasteiger partial charge in [0.1, 0.15) is 0 Å². The second-order valence-electron chi connectivity index (χ2n) is 10.2. The Balaban J connectivity index is 1.25. The average molecular weight is 408 g/mol. The zero-order valence-corrected chi connectivity index (χ0v) is 20.0. The van der Waals surface area contributed by atoms with E-state index in [4.69, 9.17) is 0 Å². The molecule has 0 heterocycles. The first-order chi connectivity index (χ1) is 14.3. The molecule has 0 radical (unpaired) electrons. The molecule has 0 spiro atoms. The fourth-order valence-corrected chi connectivity index (χ4v) is 5.40. The van der Waals surface area contributed by atoms with Crippen LogP contribution < -0.4 is 16.0 Å². The third-order valence-electron chi connectivity index (χ3n) is 7.60. The molecule has 4 atom stereocenters. The summed E-state index contributed by atoms with van der Waals surface area (Å²) in [5.74, 6) is 1.79. The molecule has 0 bridgehead atoms. The van der Waals surface area contributed by atoms with Gasteiger partial charge in [-0.3, -0.25) is 0 Å². The van der Waals surface area contributed by atoms with Gasteiger partial charge in [0, 0.05) is 12.1 Å². The third-order valence-corrected chi connectivity index (χ3v) is 7.60. The van der Waals surface area contributed by atoms with Gasteiger partial charge < -0.3 is 16.0 Å². The van der Waals surface area contributed by atoms with Crippen LogP contribution in [0.2, 0.25) is 0 Å². The summed E-state index contributed by atoms with van der Waals surface area (Å²) in [6.07, 6.45) is 22.4. The normalized spacial score (nSPS) is 27.9. The van der Waals surface area contributed by atoms with E-state index in [1.807, 2.05) is 0 Å². The van der Waals surface area contributed by atoms with Crippen molar-refractivity contribution in [3.05, 3.63) is 0 Å². The second kappa shape index (κ2) is 16.6. The molecule has 4 unspecified atom stereocenters. The molecular weight excluding hydrogens is 354 g/mol. The van der Waals surface area contributed by atoms with Crippen LogP contribution in [0.5, 0.6) is 0 Å². The lowest BCUT2D eigenvalue weighted by atomic mass is 9.86. The molecule has 3 nitrogen and oxygen atoms in total. The summed E-state index contributed by atoms with van der Waals surface area (Å²) >= 11 is 0. The lowest BCUT2D eigenvalue weighted by Crippen LogP contribution is -2.37. The maximum Gasteiger partial charge on any atom is 0.00926 e. The Hall–Kier alpha value is -0.120. The Morgan fingerprint density at radius 1 is 0.483 bits per heavy atom. The van der Waals surface area contributed by atoms with E-state index in [1.54, 1.807) is 0 Å². The fraction of sp³-hybridized carbons (Fsp3) is 1.00. The van der Waals surface area contributed by atoms with Gasteiger partial charge in [-0.15, -0.1) is 0 Å². The molecule has 0 aliphatic heterocycles. The number of nitrogens with one attached hydrogen (secondary N) is 3. The molecule has 2 saturated carbocycles. The number of hydrogen-bond donors (Lipinski definition) is 3. The second-order valence-corrected chi connectivity index (χ2v) is 10.2. The summed E-state index contributed by atoms with van der Waals surface area (Å²) in [6.45, 7) is 9.75. The van der Waals surface area contributed by atoms with Crippen molar-refractivity contribution in [2.24, 2.45) is 11.8 Å². The van der Waals surface area contributed by atoms with E-state index >= 15 is 0 Å². The summed E-state index contributed by atoms with van der Waals surface area (Å²) in [7, 11) is 0. The minimum absolute atomic E-state index is 0.803. The highest BCUT2D eigenvalue weighted by Gasteiger charge is 2.20. The molecule has 2 aliphatic rings. The predicted octanol–water partition coefficient (Wildman–Crippen LogP) is 6.03.